The van der Waals surface area contributed by atoms with Crippen LogP contribution in [0.3, 0.4) is 0 Å². The maximum Gasteiger partial charge on any atom is 0.371 e. The van der Waals surface area contributed by atoms with Crippen molar-refractivity contribution in [2.75, 3.05) is 6.54 Å². The first-order chi connectivity index (χ1) is 9.51. The SMILES string of the molecule is CCCN(Cc1ccc2oc(C(=O)O)cc2c1)C(C)C. The van der Waals surface area contributed by atoms with Gasteiger partial charge in [0.25, 0.3) is 0 Å². The maximum absolute atomic E-state index is 10.9. The van der Waals surface area contributed by atoms with Crippen LogP contribution in [0.25, 0.3) is 11.0 Å². The van der Waals surface area contributed by atoms with Crippen LogP contribution in [0.1, 0.15) is 43.3 Å². The van der Waals surface area contributed by atoms with Crippen molar-refractivity contribution in [2.24, 2.45) is 0 Å². The summed E-state index contributed by atoms with van der Waals surface area (Å²) < 4.78 is 5.27. The van der Waals surface area contributed by atoms with E-state index in [1.165, 1.54) is 5.56 Å². The summed E-state index contributed by atoms with van der Waals surface area (Å²) in [6, 6.07) is 7.94. The summed E-state index contributed by atoms with van der Waals surface area (Å²) in [5, 5.41) is 9.79. The van der Waals surface area contributed by atoms with Crippen LogP contribution in [-0.2, 0) is 6.54 Å². The van der Waals surface area contributed by atoms with Gasteiger partial charge in [0.15, 0.2) is 0 Å². The van der Waals surface area contributed by atoms with Gasteiger partial charge < -0.3 is 9.52 Å². The Balaban J connectivity index is 2.24. The second-order valence-electron chi connectivity index (χ2n) is 5.35. The molecule has 0 saturated heterocycles. The first kappa shape index (κ1) is 14.6. The summed E-state index contributed by atoms with van der Waals surface area (Å²) >= 11 is 0. The smallest absolute Gasteiger partial charge is 0.371 e. The van der Waals surface area contributed by atoms with E-state index in [2.05, 4.69) is 25.7 Å². The Morgan fingerprint density at radius 1 is 1.35 bits per heavy atom. The second kappa shape index (κ2) is 6.09. The van der Waals surface area contributed by atoms with Crippen LogP contribution in [0.2, 0.25) is 0 Å². The molecule has 0 aliphatic carbocycles. The molecule has 1 N–H and O–H groups in total. The highest BCUT2D eigenvalue weighted by Crippen LogP contribution is 2.22. The zero-order chi connectivity index (χ0) is 14.7. The van der Waals surface area contributed by atoms with Gasteiger partial charge in [0.2, 0.25) is 5.76 Å². The number of hydrogen-bond acceptors (Lipinski definition) is 3. The van der Waals surface area contributed by atoms with Crippen LogP contribution in [0.4, 0.5) is 0 Å². The molecule has 0 radical (unpaired) electrons. The number of benzene rings is 1. The minimum Gasteiger partial charge on any atom is -0.475 e. The summed E-state index contributed by atoms with van der Waals surface area (Å²) in [4.78, 5) is 13.3. The van der Waals surface area contributed by atoms with E-state index < -0.39 is 5.97 Å². The number of nitrogens with zero attached hydrogens (tertiary/aromatic N) is 1. The monoisotopic (exact) mass is 275 g/mol. The van der Waals surface area contributed by atoms with Crippen molar-refractivity contribution in [1.82, 2.24) is 4.90 Å². The normalized spacial score (nSPS) is 11.7. The molecule has 0 amide bonds. The fourth-order valence-corrected chi connectivity index (χ4v) is 2.34. The highest BCUT2D eigenvalue weighted by Gasteiger charge is 2.13. The first-order valence-electron chi connectivity index (χ1n) is 7.01. The lowest BCUT2D eigenvalue weighted by Gasteiger charge is -2.25. The lowest BCUT2D eigenvalue weighted by Crippen LogP contribution is -2.30. The number of hydrogen-bond donors (Lipinski definition) is 1. The molecule has 1 heterocycles. The Bertz CT molecular complexity index is 601. The molecular formula is C16H21NO3. The molecule has 0 bridgehead atoms. The Kier molecular flexibility index (Phi) is 4.45. The molecule has 0 fully saturated rings. The van der Waals surface area contributed by atoms with Gasteiger partial charge in [-0.1, -0.05) is 13.0 Å². The van der Waals surface area contributed by atoms with Crippen molar-refractivity contribution in [3.8, 4) is 0 Å². The largest absolute Gasteiger partial charge is 0.475 e. The highest BCUT2D eigenvalue weighted by molar-refractivity contribution is 5.91. The molecule has 2 aromatic rings. The molecule has 4 nitrogen and oxygen atoms in total. The molecule has 4 heteroatoms. The fourth-order valence-electron chi connectivity index (χ4n) is 2.34. The van der Waals surface area contributed by atoms with Crippen LogP contribution in [-0.4, -0.2) is 28.6 Å². The second-order valence-corrected chi connectivity index (χ2v) is 5.35. The van der Waals surface area contributed by atoms with E-state index in [-0.39, 0.29) is 5.76 Å². The van der Waals surface area contributed by atoms with E-state index in [4.69, 9.17) is 9.52 Å². The number of carboxylic acids is 1. The molecule has 0 aliphatic rings. The molecular weight excluding hydrogens is 254 g/mol. The summed E-state index contributed by atoms with van der Waals surface area (Å²) in [6.45, 7) is 8.48. The van der Waals surface area contributed by atoms with E-state index in [1.54, 1.807) is 6.07 Å². The van der Waals surface area contributed by atoms with E-state index in [0.717, 1.165) is 24.9 Å². The molecule has 1 aromatic carbocycles. The third-order valence-electron chi connectivity index (χ3n) is 3.42. The van der Waals surface area contributed by atoms with Gasteiger partial charge in [-0.2, -0.15) is 0 Å². The summed E-state index contributed by atoms with van der Waals surface area (Å²) in [5.41, 5.74) is 1.80. The van der Waals surface area contributed by atoms with Crippen molar-refractivity contribution in [3.63, 3.8) is 0 Å². The van der Waals surface area contributed by atoms with Gasteiger partial charge in [-0.15, -0.1) is 0 Å². The van der Waals surface area contributed by atoms with Crippen molar-refractivity contribution >= 4 is 16.9 Å². The molecule has 108 valence electrons. The quantitative estimate of drug-likeness (QED) is 0.872. The van der Waals surface area contributed by atoms with Crippen LogP contribution in [0.5, 0.6) is 0 Å². The van der Waals surface area contributed by atoms with E-state index in [1.807, 2.05) is 18.2 Å². The fraction of sp³-hybridized carbons (Fsp3) is 0.438. The summed E-state index contributed by atoms with van der Waals surface area (Å²) in [7, 11) is 0. The minimum atomic E-state index is -1.03. The Labute approximate surface area is 119 Å². The average Bonchev–Trinajstić information content (AvgIpc) is 2.81. The Morgan fingerprint density at radius 3 is 2.70 bits per heavy atom. The van der Waals surface area contributed by atoms with Gasteiger partial charge in [-0.3, -0.25) is 4.90 Å². The molecule has 0 unspecified atom stereocenters. The molecule has 0 saturated carbocycles. The number of fused-ring (bicyclic) bond motifs is 1. The lowest BCUT2D eigenvalue weighted by molar-refractivity contribution is 0.0665. The molecule has 0 aliphatic heterocycles. The highest BCUT2D eigenvalue weighted by atomic mass is 16.4. The van der Waals surface area contributed by atoms with Crippen LogP contribution in [0.15, 0.2) is 28.7 Å². The van der Waals surface area contributed by atoms with Crippen molar-refractivity contribution < 1.29 is 14.3 Å². The Morgan fingerprint density at radius 2 is 2.10 bits per heavy atom. The van der Waals surface area contributed by atoms with Gasteiger partial charge in [0.05, 0.1) is 0 Å². The zero-order valence-corrected chi connectivity index (χ0v) is 12.2. The van der Waals surface area contributed by atoms with Crippen molar-refractivity contribution in [2.45, 2.75) is 39.8 Å². The average molecular weight is 275 g/mol. The number of rotatable bonds is 6. The number of carbonyl (C=O) groups is 1. The summed E-state index contributed by atoms with van der Waals surface area (Å²) in [5.74, 6) is -1.04. The first-order valence-corrected chi connectivity index (χ1v) is 7.01. The van der Waals surface area contributed by atoms with Crippen molar-refractivity contribution in [1.29, 1.82) is 0 Å². The summed E-state index contributed by atoms with van der Waals surface area (Å²) in [6.07, 6.45) is 1.12. The van der Waals surface area contributed by atoms with Gasteiger partial charge in [-0.05, 0) is 50.6 Å². The Hall–Kier alpha value is -1.81. The standard InChI is InChI=1S/C16H21NO3/c1-4-7-17(11(2)3)10-12-5-6-14-13(8-12)9-15(20-14)16(18)19/h5-6,8-9,11H,4,7,10H2,1-3H3,(H,18,19). The van der Waals surface area contributed by atoms with Gasteiger partial charge in [0.1, 0.15) is 5.58 Å². The predicted octanol–water partition coefficient (Wildman–Crippen LogP) is 3.75. The lowest BCUT2D eigenvalue weighted by atomic mass is 10.1. The van der Waals surface area contributed by atoms with Crippen molar-refractivity contribution in [3.05, 3.63) is 35.6 Å². The predicted molar refractivity (Wildman–Crippen MR) is 79.0 cm³/mol. The number of furan rings is 1. The maximum atomic E-state index is 10.9. The molecule has 2 rings (SSSR count). The molecule has 1 aromatic heterocycles. The van der Waals surface area contributed by atoms with Crippen LogP contribution < -0.4 is 0 Å². The minimum absolute atomic E-state index is 0.00794. The molecule has 20 heavy (non-hydrogen) atoms. The molecule has 0 spiro atoms. The van der Waals surface area contributed by atoms with Gasteiger partial charge in [-0.25, -0.2) is 4.79 Å². The van der Waals surface area contributed by atoms with Crippen LogP contribution >= 0.6 is 0 Å². The molecule has 0 atom stereocenters. The van der Waals surface area contributed by atoms with Crippen LogP contribution in [0, 0.1) is 0 Å². The number of aromatic carboxylic acids is 1. The number of carboxylic acid groups (broad SMARTS) is 1. The van der Waals surface area contributed by atoms with Gasteiger partial charge >= 0.3 is 5.97 Å². The third kappa shape index (κ3) is 3.20. The van der Waals surface area contributed by atoms with Gasteiger partial charge in [0, 0.05) is 18.0 Å². The third-order valence-corrected chi connectivity index (χ3v) is 3.42. The van der Waals surface area contributed by atoms with E-state index in [0.29, 0.717) is 11.6 Å². The van der Waals surface area contributed by atoms with E-state index >= 15 is 0 Å². The topological polar surface area (TPSA) is 53.7 Å². The zero-order valence-electron chi connectivity index (χ0n) is 12.2. The van der Waals surface area contributed by atoms with E-state index in [9.17, 15) is 4.79 Å².